The second-order valence-corrected chi connectivity index (χ2v) is 7.31. The molecule has 0 bridgehead atoms. The number of hydrogen-bond donors (Lipinski definition) is 1. The van der Waals surface area contributed by atoms with E-state index in [0.29, 0.717) is 13.2 Å². The lowest BCUT2D eigenvalue weighted by Gasteiger charge is -2.19. The van der Waals surface area contributed by atoms with Crippen molar-refractivity contribution in [3.63, 3.8) is 0 Å². The van der Waals surface area contributed by atoms with Gasteiger partial charge in [0.05, 0.1) is 12.9 Å². The van der Waals surface area contributed by atoms with Crippen molar-refractivity contribution in [2.75, 3.05) is 0 Å². The van der Waals surface area contributed by atoms with Crippen LogP contribution in [0.3, 0.4) is 0 Å². The first-order valence-corrected chi connectivity index (χ1v) is 7.69. The smallest absolute Gasteiger partial charge is 0.129 e. The fourth-order valence-electron chi connectivity index (χ4n) is 1.83. The van der Waals surface area contributed by atoms with Gasteiger partial charge in [0.15, 0.2) is 0 Å². The van der Waals surface area contributed by atoms with Crippen LogP contribution in [0.2, 0.25) is 0 Å². The summed E-state index contributed by atoms with van der Waals surface area (Å²) in [5.41, 5.74) is 1.42. The lowest BCUT2D eigenvalue weighted by Crippen LogP contribution is -2.34. The van der Waals surface area contributed by atoms with E-state index < -0.39 is 0 Å². The van der Waals surface area contributed by atoms with E-state index >= 15 is 0 Å². The lowest BCUT2D eigenvalue weighted by molar-refractivity contribution is 0.0928. The Morgan fingerprint density at radius 3 is 2.75 bits per heavy atom. The van der Waals surface area contributed by atoms with Gasteiger partial charge in [0.25, 0.3) is 0 Å². The molecular weight excluding hydrogens is 270 g/mol. The molecule has 0 aromatic carbocycles. The van der Waals surface area contributed by atoms with E-state index in [1.54, 1.807) is 6.26 Å². The highest BCUT2D eigenvalue weighted by atomic mass is 32.1. The largest absolute Gasteiger partial charge is 0.467 e. The number of thiophene rings is 1. The highest BCUT2D eigenvalue weighted by Gasteiger charge is 2.11. The number of aryl methyl sites for hydroxylation is 1. The van der Waals surface area contributed by atoms with E-state index in [9.17, 15) is 0 Å². The number of rotatable bonds is 6. The molecule has 4 heteroatoms. The third kappa shape index (κ3) is 4.78. The summed E-state index contributed by atoms with van der Waals surface area (Å²) in [6, 6.07) is 6.05. The van der Waals surface area contributed by atoms with Gasteiger partial charge in [-0.25, -0.2) is 0 Å². The zero-order valence-corrected chi connectivity index (χ0v) is 13.5. The molecule has 0 spiro atoms. The van der Waals surface area contributed by atoms with E-state index in [-0.39, 0.29) is 5.54 Å². The standard InChI is InChI=1S/C16H23NO2S/c1-12-13(10-18-11-14-6-5-7-19-14)8-15(20-12)9-17-16(2,3)4/h5-8,17H,9-11H2,1-4H3. The average molecular weight is 293 g/mol. The number of hydrogen-bond acceptors (Lipinski definition) is 4. The summed E-state index contributed by atoms with van der Waals surface area (Å²) >= 11 is 1.84. The molecule has 0 saturated heterocycles. The van der Waals surface area contributed by atoms with Crippen LogP contribution in [0.1, 0.15) is 41.8 Å². The molecule has 2 rings (SSSR count). The van der Waals surface area contributed by atoms with E-state index in [2.05, 4.69) is 39.1 Å². The second-order valence-electron chi connectivity index (χ2n) is 5.97. The summed E-state index contributed by atoms with van der Waals surface area (Å²) in [4.78, 5) is 2.68. The Morgan fingerprint density at radius 1 is 1.30 bits per heavy atom. The van der Waals surface area contributed by atoms with Gasteiger partial charge in [-0.2, -0.15) is 0 Å². The average Bonchev–Trinajstić information content (AvgIpc) is 2.97. The molecule has 2 aromatic rings. The monoisotopic (exact) mass is 293 g/mol. The molecule has 0 unspecified atom stereocenters. The van der Waals surface area contributed by atoms with Gasteiger partial charge in [-0.1, -0.05) is 0 Å². The first-order chi connectivity index (χ1) is 9.44. The zero-order valence-electron chi connectivity index (χ0n) is 12.7. The van der Waals surface area contributed by atoms with Crippen LogP contribution < -0.4 is 5.32 Å². The first-order valence-electron chi connectivity index (χ1n) is 6.87. The van der Waals surface area contributed by atoms with E-state index in [1.807, 2.05) is 23.5 Å². The van der Waals surface area contributed by atoms with Crippen molar-refractivity contribution in [2.45, 2.75) is 53.0 Å². The van der Waals surface area contributed by atoms with Crippen molar-refractivity contribution in [1.82, 2.24) is 5.32 Å². The van der Waals surface area contributed by atoms with Gasteiger partial charge in [0.2, 0.25) is 0 Å². The van der Waals surface area contributed by atoms with Crippen molar-refractivity contribution in [3.8, 4) is 0 Å². The molecule has 0 aliphatic rings. The Bertz CT molecular complexity index is 523. The molecule has 0 aliphatic carbocycles. The third-order valence-corrected chi connectivity index (χ3v) is 4.04. The molecule has 110 valence electrons. The van der Waals surface area contributed by atoms with Gasteiger partial charge in [0, 0.05) is 21.8 Å². The molecule has 20 heavy (non-hydrogen) atoms. The molecule has 0 fully saturated rings. The van der Waals surface area contributed by atoms with Gasteiger partial charge >= 0.3 is 0 Å². The maximum absolute atomic E-state index is 5.70. The normalized spacial score (nSPS) is 12.0. The maximum Gasteiger partial charge on any atom is 0.129 e. The first kappa shape index (κ1) is 15.3. The predicted octanol–water partition coefficient (Wildman–Crippen LogP) is 4.25. The molecule has 0 atom stereocenters. The molecule has 0 saturated carbocycles. The molecular formula is C16H23NO2S. The minimum atomic E-state index is 0.147. The summed E-state index contributed by atoms with van der Waals surface area (Å²) in [7, 11) is 0. The van der Waals surface area contributed by atoms with Gasteiger partial charge in [0.1, 0.15) is 12.4 Å². The maximum atomic E-state index is 5.70. The SMILES string of the molecule is Cc1sc(CNC(C)(C)C)cc1COCc1ccco1. The zero-order chi connectivity index (χ0) is 14.6. The third-order valence-electron chi connectivity index (χ3n) is 2.95. The molecule has 1 N–H and O–H groups in total. The van der Waals surface area contributed by atoms with Crippen LogP contribution in [0.15, 0.2) is 28.9 Å². The lowest BCUT2D eigenvalue weighted by atomic mass is 10.1. The van der Waals surface area contributed by atoms with Crippen LogP contribution >= 0.6 is 11.3 Å². The molecule has 2 heterocycles. The molecule has 2 aromatic heterocycles. The van der Waals surface area contributed by atoms with Gasteiger partial charge in [-0.05, 0) is 51.5 Å². The quantitative estimate of drug-likeness (QED) is 0.864. The van der Waals surface area contributed by atoms with Crippen molar-refractivity contribution in [2.24, 2.45) is 0 Å². The summed E-state index contributed by atoms with van der Waals surface area (Å²) in [6.07, 6.45) is 1.67. The Labute approximate surface area is 125 Å². The minimum absolute atomic E-state index is 0.147. The molecule has 0 radical (unpaired) electrons. The number of nitrogens with one attached hydrogen (secondary N) is 1. The van der Waals surface area contributed by atoms with E-state index in [1.165, 1.54) is 15.3 Å². The van der Waals surface area contributed by atoms with E-state index in [0.717, 1.165) is 12.3 Å². The summed E-state index contributed by atoms with van der Waals surface area (Å²) < 4.78 is 10.9. The minimum Gasteiger partial charge on any atom is -0.467 e. The number of furan rings is 1. The second kappa shape index (κ2) is 6.57. The predicted molar refractivity (Wildman–Crippen MR) is 82.8 cm³/mol. The Balaban J connectivity index is 1.84. The summed E-state index contributed by atoms with van der Waals surface area (Å²) in [6.45, 7) is 10.8. The van der Waals surface area contributed by atoms with E-state index in [4.69, 9.17) is 9.15 Å². The highest BCUT2D eigenvalue weighted by Crippen LogP contribution is 2.23. The fourth-order valence-corrected chi connectivity index (χ4v) is 2.81. The fraction of sp³-hybridized carbons (Fsp3) is 0.500. The van der Waals surface area contributed by atoms with Gasteiger partial charge in [-0.3, -0.25) is 0 Å². The Morgan fingerprint density at radius 2 is 2.10 bits per heavy atom. The Kier molecular flexibility index (Phi) is 5.02. The van der Waals surface area contributed by atoms with Crippen LogP contribution in [0.4, 0.5) is 0 Å². The summed E-state index contributed by atoms with van der Waals surface area (Å²) in [5, 5.41) is 3.51. The van der Waals surface area contributed by atoms with Gasteiger partial charge in [-0.15, -0.1) is 11.3 Å². The summed E-state index contributed by atoms with van der Waals surface area (Å²) in [5.74, 6) is 0.868. The Hall–Kier alpha value is -1.10. The molecule has 0 amide bonds. The van der Waals surface area contributed by atoms with Crippen molar-refractivity contribution in [1.29, 1.82) is 0 Å². The highest BCUT2D eigenvalue weighted by molar-refractivity contribution is 7.12. The van der Waals surface area contributed by atoms with Crippen molar-refractivity contribution in [3.05, 3.63) is 45.5 Å². The van der Waals surface area contributed by atoms with Crippen LogP contribution in [0.25, 0.3) is 0 Å². The van der Waals surface area contributed by atoms with Crippen molar-refractivity contribution >= 4 is 11.3 Å². The van der Waals surface area contributed by atoms with Crippen molar-refractivity contribution < 1.29 is 9.15 Å². The molecule has 0 aliphatic heterocycles. The topological polar surface area (TPSA) is 34.4 Å². The van der Waals surface area contributed by atoms with Crippen LogP contribution in [-0.2, 0) is 24.5 Å². The molecule has 3 nitrogen and oxygen atoms in total. The van der Waals surface area contributed by atoms with Gasteiger partial charge < -0.3 is 14.5 Å². The van der Waals surface area contributed by atoms with Crippen LogP contribution in [0, 0.1) is 6.92 Å². The van der Waals surface area contributed by atoms with Crippen LogP contribution in [0.5, 0.6) is 0 Å². The number of ether oxygens (including phenoxy) is 1. The van der Waals surface area contributed by atoms with Crippen LogP contribution in [-0.4, -0.2) is 5.54 Å².